The normalized spacial score (nSPS) is 16.2. The number of hydrogen-bond acceptors (Lipinski definition) is 8. The van der Waals surface area contributed by atoms with E-state index in [1.165, 1.54) is 32.2 Å². The highest BCUT2D eigenvalue weighted by Gasteiger charge is 2.28. The van der Waals surface area contributed by atoms with Crippen LogP contribution in [0.2, 0.25) is 0 Å². The Labute approximate surface area is 240 Å². The van der Waals surface area contributed by atoms with Gasteiger partial charge in [-0.05, 0) is 81.3 Å². The highest BCUT2D eigenvalue weighted by molar-refractivity contribution is 5.93. The van der Waals surface area contributed by atoms with Gasteiger partial charge in [-0.2, -0.15) is 0 Å². The Kier molecular flexibility index (Phi) is 12.5. The van der Waals surface area contributed by atoms with Crippen LogP contribution in [-0.4, -0.2) is 70.5 Å². The maximum atomic E-state index is 13.3. The van der Waals surface area contributed by atoms with E-state index in [0.29, 0.717) is 24.6 Å². The molecule has 1 aliphatic heterocycles. The predicted molar refractivity (Wildman–Crippen MR) is 151 cm³/mol. The number of benzene rings is 1. The molecule has 222 valence electrons. The molecular formula is C29H40N6O6. The number of nitrogens with zero attached hydrogens (tertiary/aromatic N) is 2. The van der Waals surface area contributed by atoms with Crippen molar-refractivity contribution in [1.82, 2.24) is 31.2 Å². The van der Waals surface area contributed by atoms with E-state index in [0.717, 1.165) is 36.4 Å². The van der Waals surface area contributed by atoms with Crippen LogP contribution in [0.1, 0.15) is 55.8 Å². The van der Waals surface area contributed by atoms with Crippen LogP contribution in [0.3, 0.4) is 0 Å². The average molecular weight is 569 g/mol. The van der Waals surface area contributed by atoms with Gasteiger partial charge in [-0.1, -0.05) is 6.07 Å². The van der Waals surface area contributed by atoms with E-state index in [1.807, 2.05) is 25.1 Å². The summed E-state index contributed by atoms with van der Waals surface area (Å²) in [6, 6.07) is 3.43. The van der Waals surface area contributed by atoms with Gasteiger partial charge in [-0.15, -0.1) is 0 Å². The highest BCUT2D eigenvalue weighted by atomic mass is 16.5. The lowest BCUT2D eigenvalue weighted by molar-refractivity contribution is -0.140. The molecule has 41 heavy (non-hydrogen) atoms. The fourth-order valence-corrected chi connectivity index (χ4v) is 4.67. The molecule has 0 radical (unpaired) electrons. The number of amides is 3. The summed E-state index contributed by atoms with van der Waals surface area (Å²) in [7, 11) is 0. The molecule has 0 spiro atoms. The topological polar surface area (TPSA) is 172 Å². The Morgan fingerprint density at radius 3 is 2.66 bits per heavy atom. The lowest BCUT2D eigenvalue weighted by Crippen LogP contribution is -2.54. The molecule has 1 aromatic heterocycles. The molecule has 5 N–H and O–H groups in total. The average Bonchev–Trinajstić information content (AvgIpc) is 2.95. The van der Waals surface area contributed by atoms with Crippen LogP contribution >= 0.6 is 0 Å². The lowest BCUT2D eigenvalue weighted by atomic mass is 9.97. The fourth-order valence-electron chi connectivity index (χ4n) is 4.67. The number of ether oxygens (including phenoxy) is 1. The third-order valence-electron chi connectivity index (χ3n) is 6.98. The Balaban J connectivity index is 1.63. The Hall–Kier alpha value is -4.06. The molecule has 1 fully saturated rings. The summed E-state index contributed by atoms with van der Waals surface area (Å²) in [5, 5.41) is 20.4. The largest absolute Gasteiger partial charge is 0.494 e. The van der Waals surface area contributed by atoms with Crippen molar-refractivity contribution < 1.29 is 29.0 Å². The van der Waals surface area contributed by atoms with E-state index in [9.17, 15) is 24.3 Å². The minimum Gasteiger partial charge on any atom is -0.494 e. The van der Waals surface area contributed by atoms with Gasteiger partial charge in [-0.25, -0.2) is 0 Å². The van der Waals surface area contributed by atoms with Crippen LogP contribution in [0.4, 0.5) is 0 Å². The number of rotatable bonds is 15. The van der Waals surface area contributed by atoms with E-state index in [4.69, 9.17) is 4.74 Å². The van der Waals surface area contributed by atoms with Crippen molar-refractivity contribution in [3.8, 4) is 5.75 Å². The van der Waals surface area contributed by atoms with Gasteiger partial charge in [0.1, 0.15) is 17.8 Å². The summed E-state index contributed by atoms with van der Waals surface area (Å²) in [5.74, 6) is -1.69. The number of carboxylic acid groups (broad SMARTS) is 1. The molecule has 3 rings (SSSR count). The van der Waals surface area contributed by atoms with Crippen molar-refractivity contribution in [2.45, 2.75) is 71.0 Å². The van der Waals surface area contributed by atoms with Gasteiger partial charge in [-0.3, -0.25) is 29.1 Å². The molecule has 2 unspecified atom stereocenters. The summed E-state index contributed by atoms with van der Waals surface area (Å²) in [5.41, 5.74) is 2.48. The van der Waals surface area contributed by atoms with Crippen molar-refractivity contribution in [2.75, 3.05) is 19.7 Å². The molecule has 0 saturated carbocycles. The Bertz CT molecular complexity index is 1160. The van der Waals surface area contributed by atoms with E-state index in [2.05, 4.69) is 31.2 Å². The number of aromatic nitrogens is 2. The number of aryl methyl sites for hydroxylation is 2. The van der Waals surface area contributed by atoms with Crippen LogP contribution in [0.5, 0.6) is 5.75 Å². The fraction of sp³-hybridized carbons (Fsp3) is 0.517. The predicted octanol–water partition coefficient (Wildman–Crippen LogP) is 1.27. The number of piperidine rings is 1. The molecule has 12 heteroatoms. The van der Waals surface area contributed by atoms with Gasteiger partial charge in [0, 0.05) is 32.1 Å². The second kappa shape index (κ2) is 16.3. The molecule has 0 bridgehead atoms. The summed E-state index contributed by atoms with van der Waals surface area (Å²) >= 11 is 0. The van der Waals surface area contributed by atoms with Crippen LogP contribution in [0.25, 0.3) is 0 Å². The quantitative estimate of drug-likeness (QED) is 0.212. The molecular weight excluding hydrogens is 528 g/mol. The smallest absolute Gasteiger partial charge is 0.305 e. The van der Waals surface area contributed by atoms with Gasteiger partial charge in [0.25, 0.3) is 0 Å². The summed E-state index contributed by atoms with van der Waals surface area (Å²) in [6.45, 7) is 6.04. The zero-order valence-electron chi connectivity index (χ0n) is 23.7. The SMILES string of the molecule is CC(=O)N[C@@H](CC(=O)O)C(=O)NC(CCc1cnccn1)C(=O)NCc1cc(OCCC2CCCNC2)ccc1C. The molecule has 1 aliphatic rings. The van der Waals surface area contributed by atoms with Gasteiger partial charge in [0.05, 0.1) is 18.7 Å². The molecule has 12 nitrogen and oxygen atoms in total. The van der Waals surface area contributed by atoms with Gasteiger partial charge >= 0.3 is 5.97 Å². The zero-order chi connectivity index (χ0) is 29.6. The Morgan fingerprint density at radius 2 is 1.98 bits per heavy atom. The van der Waals surface area contributed by atoms with Gasteiger partial charge in [0.2, 0.25) is 17.7 Å². The van der Waals surface area contributed by atoms with E-state index in [1.54, 1.807) is 6.20 Å². The standard InChI is InChI=1S/C29H40N6O6/c1-19-5-7-24(41-13-9-21-4-3-10-30-16-21)14-22(19)17-33-28(39)25(8-6-23-18-31-11-12-32-23)35-29(40)26(15-27(37)38)34-20(2)36/h5,7,11-12,14,18,21,25-26,30H,3-4,6,8-10,13,15-17H2,1-2H3,(H,33,39)(H,34,36)(H,35,40)(H,37,38)/t21?,25?,26-/m0/s1. The van der Waals surface area contributed by atoms with Crippen LogP contribution in [-0.2, 0) is 32.1 Å². The van der Waals surface area contributed by atoms with Crippen molar-refractivity contribution in [1.29, 1.82) is 0 Å². The number of nitrogens with one attached hydrogen (secondary N) is 4. The third kappa shape index (κ3) is 11.1. The second-order valence-electron chi connectivity index (χ2n) is 10.3. The van der Waals surface area contributed by atoms with Crippen LogP contribution in [0, 0.1) is 12.8 Å². The molecule has 2 aromatic rings. The van der Waals surface area contributed by atoms with Crippen LogP contribution in [0.15, 0.2) is 36.8 Å². The minimum atomic E-state index is -1.32. The van der Waals surface area contributed by atoms with Crippen molar-refractivity contribution in [3.05, 3.63) is 53.6 Å². The number of carboxylic acids is 1. The highest BCUT2D eigenvalue weighted by Crippen LogP contribution is 2.20. The number of hydrogen-bond donors (Lipinski definition) is 5. The van der Waals surface area contributed by atoms with E-state index in [-0.39, 0.29) is 13.0 Å². The minimum absolute atomic E-state index is 0.189. The molecule has 1 aromatic carbocycles. The summed E-state index contributed by atoms with van der Waals surface area (Å²) in [4.78, 5) is 57.2. The van der Waals surface area contributed by atoms with E-state index >= 15 is 0 Å². The number of carbonyl (C=O) groups excluding carboxylic acids is 3. The molecule has 1 saturated heterocycles. The van der Waals surface area contributed by atoms with Crippen molar-refractivity contribution >= 4 is 23.7 Å². The molecule has 3 atom stereocenters. The first-order chi connectivity index (χ1) is 19.7. The van der Waals surface area contributed by atoms with Crippen LogP contribution < -0.4 is 26.0 Å². The van der Waals surface area contributed by atoms with Gasteiger partial charge in [0.15, 0.2) is 0 Å². The summed E-state index contributed by atoms with van der Waals surface area (Å²) in [6.07, 6.45) is 7.92. The van der Waals surface area contributed by atoms with Gasteiger partial charge < -0.3 is 31.1 Å². The first kappa shape index (κ1) is 31.5. The number of carbonyl (C=O) groups is 4. The molecule has 3 amide bonds. The first-order valence-electron chi connectivity index (χ1n) is 14.0. The maximum absolute atomic E-state index is 13.3. The number of aliphatic carboxylic acids is 1. The third-order valence-corrected chi connectivity index (χ3v) is 6.98. The lowest BCUT2D eigenvalue weighted by Gasteiger charge is -2.23. The second-order valence-corrected chi connectivity index (χ2v) is 10.3. The Morgan fingerprint density at radius 1 is 1.15 bits per heavy atom. The van der Waals surface area contributed by atoms with Crippen molar-refractivity contribution in [2.24, 2.45) is 5.92 Å². The monoisotopic (exact) mass is 568 g/mol. The zero-order valence-corrected chi connectivity index (χ0v) is 23.7. The first-order valence-corrected chi connectivity index (χ1v) is 14.0. The maximum Gasteiger partial charge on any atom is 0.305 e. The summed E-state index contributed by atoms with van der Waals surface area (Å²) < 4.78 is 6.00. The molecule has 0 aliphatic carbocycles. The van der Waals surface area contributed by atoms with E-state index < -0.39 is 42.2 Å². The molecule has 2 heterocycles. The van der Waals surface area contributed by atoms with Crippen molar-refractivity contribution in [3.63, 3.8) is 0 Å².